The molecule has 110 valence electrons. The third kappa shape index (κ3) is 5.10. The molecule has 0 heterocycles. The van der Waals surface area contributed by atoms with Crippen LogP contribution < -0.4 is 5.32 Å². The van der Waals surface area contributed by atoms with Crippen LogP contribution in [0.25, 0.3) is 0 Å². The second-order valence-corrected chi connectivity index (χ2v) is 6.59. The smallest absolute Gasteiger partial charge is 0.230 e. The van der Waals surface area contributed by atoms with E-state index in [0.717, 1.165) is 14.9 Å². The van der Waals surface area contributed by atoms with Gasteiger partial charge in [0.1, 0.15) is 5.75 Å². The summed E-state index contributed by atoms with van der Waals surface area (Å²) < 4.78 is 1.02. The van der Waals surface area contributed by atoms with Gasteiger partial charge in [-0.25, -0.2) is 0 Å². The highest BCUT2D eigenvalue weighted by molar-refractivity contribution is 9.10. The number of hydrogen-bond acceptors (Lipinski definition) is 3. The zero-order valence-corrected chi connectivity index (χ0v) is 13.9. The van der Waals surface area contributed by atoms with Crippen molar-refractivity contribution in [2.24, 2.45) is 0 Å². The molecule has 5 heteroatoms. The summed E-state index contributed by atoms with van der Waals surface area (Å²) in [7, 11) is 0. The Morgan fingerprint density at radius 1 is 1.19 bits per heavy atom. The normalized spacial score (nSPS) is 11.9. The van der Waals surface area contributed by atoms with Gasteiger partial charge in [-0.15, -0.1) is 11.8 Å². The van der Waals surface area contributed by atoms with Gasteiger partial charge in [-0.2, -0.15) is 0 Å². The molecule has 2 N–H and O–H groups in total. The van der Waals surface area contributed by atoms with Crippen LogP contribution in [0.4, 0.5) is 0 Å². The van der Waals surface area contributed by atoms with Crippen molar-refractivity contribution < 1.29 is 9.90 Å². The zero-order chi connectivity index (χ0) is 15.2. The van der Waals surface area contributed by atoms with Gasteiger partial charge in [0.25, 0.3) is 0 Å². The van der Waals surface area contributed by atoms with Crippen molar-refractivity contribution in [3.63, 3.8) is 0 Å². The molecule has 0 saturated carbocycles. The van der Waals surface area contributed by atoms with Crippen molar-refractivity contribution in [2.45, 2.75) is 17.9 Å². The molecular formula is C16H16BrNO2S. The largest absolute Gasteiger partial charge is 0.508 e. The number of phenolic OH excluding ortho intramolecular Hbond substituents is 1. The lowest BCUT2D eigenvalue weighted by Crippen LogP contribution is -2.28. The van der Waals surface area contributed by atoms with Crippen LogP contribution in [-0.4, -0.2) is 16.8 Å². The van der Waals surface area contributed by atoms with Crippen molar-refractivity contribution in [2.75, 3.05) is 5.75 Å². The van der Waals surface area contributed by atoms with Gasteiger partial charge in [0.2, 0.25) is 5.91 Å². The molecule has 1 amide bonds. The van der Waals surface area contributed by atoms with Gasteiger partial charge in [0, 0.05) is 9.37 Å². The van der Waals surface area contributed by atoms with E-state index in [0.29, 0.717) is 5.75 Å². The number of rotatable bonds is 5. The number of nitrogens with one attached hydrogen (secondary N) is 1. The second kappa shape index (κ2) is 7.52. The monoisotopic (exact) mass is 365 g/mol. The van der Waals surface area contributed by atoms with E-state index < -0.39 is 0 Å². The fraction of sp³-hybridized carbons (Fsp3) is 0.188. The van der Waals surface area contributed by atoms with E-state index in [1.54, 1.807) is 24.3 Å². The molecule has 2 aromatic rings. The quantitative estimate of drug-likeness (QED) is 0.783. The van der Waals surface area contributed by atoms with Gasteiger partial charge < -0.3 is 10.4 Å². The maximum atomic E-state index is 11.9. The number of thioether (sulfide) groups is 1. The fourth-order valence-corrected chi connectivity index (χ4v) is 2.78. The summed E-state index contributed by atoms with van der Waals surface area (Å²) >= 11 is 4.84. The van der Waals surface area contributed by atoms with Crippen LogP contribution >= 0.6 is 27.7 Å². The van der Waals surface area contributed by atoms with E-state index in [-0.39, 0.29) is 17.7 Å². The predicted octanol–water partition coefficient (Wildman–Crippen LogP) is 4.12. The molecule has 0 aliphatic heterocycles. The molecule has 0 fully saturated rings. The molecule has 0 aromatic heterocycles. The van der Waals surface area contributed by atoms with Gasteiger partial charge in [-0.05, 0) is 48.9 Å². The maximum absolute atomic E-state index is 11.9. The predicted molar refractivity (Wildman–Crippen MR) is 89.5 cm³/mol. The molecule has 0 spiro atoms. The van der Waals surface area contributed by atoms with Crippen LogP contribution in [0.3, 0.4) is 0 Å². The highest BCUT2D eigenvalue weighted by Crippen LogP contribution is 2.21. The Balaban J connectivity index is 1.83. The van der Waals surface area contributed by atoms with E-state index in [2.05, 4.69) is 21.2 Å². The van der Waals surface area contributed by atoms with Crippen LogP contribution in [0.15, 0.2) is 57.9 Å². The Hall–Kier alpha value is -1.46. The first-order chi connectivity index (χ1) is 10.0. The molecular weight excluding hydrogens is 350 g/mol. The topological polar surface area (TPSA) is 49.3 Å². The average molecular weight is 366 g/mol. The lowest BCUT2D eigenvalue weighted by Gasteiger charge is -2.14. The Morgan fingerprint density at radius 2 is 1.81 bits per heavy atom. The Morgan fingerprint density at radius 3 is 2.43 bits per heavy atom. The third-order valence-corrected chi connectivity index (χ3v) is 4.49. The summed E-state index contributed by atoms with van der Waals surface area (Å²) in [6.07, 6.45) is 0. The number of phenols is 1. The van der Waals surface area contributed by atoms with E-state index in [9.17, 15) is 9.90 Å². The standard InChI is InChI=1S/C16H16BrNO2S/c1-11(12-2-4-13(17)5-3-12)18-16(20)10-21-15-8-6-14(19)7-9-15/h2-9,11,19H,10H2,1H3,(H,18,20). The van der Waals surface area contributed by atoms with Crippen LogP contribution in [0.1, 0.15) is 18.5 Å². The lowest BCUT2D eigenvalue weighted by atomic mass is 10.1. The van der Waals surface area contributed by atoms with Crippen molar-refractivity contribution >= 4 is 33.6 Å². The number of halogens is 1. The summed E-state index contributed by atoms with van der Waals surface area (Å²) in [6.45, 7) is 1.96. The number of amides is 1. The van der Waals surface area contributed by atoms with Crippen molar-refractivity contribution in [3.8, 4) is 5.75 Å². The molecule has 0 aliphatic rings. The molecule has 2 aromatic carbocycles. The van der Waals surface area contributed by atoms with Gasteiger partial charge in [-0.3, -0.25) is 4.79 Å². The number of carbonyl (C=O) groups is 1. The zero-order valence-electron chi connectivity index (χ0n) is 11.5. The van der Waals surface area contributed by atoms with Crippen molar-refractivity contribution in [3.05, 3.63) is 58.6 Å². The van der Waals surface area contributed by atoms with Crippen LogP contribution in [0.5, 0.6) is 5.75 Å². The Kier molecular flexibility index (Phi) is 5.70. The minimum absolute atomic E-state index is 0.0107. The first kappa shape index (κ1) is 15.9. The van der Waals surface area contributed by atoms with Crippen LogP contribution in [0, 0.1) is 0 Å². The van der Waals surface area contributed by atoms with Gasteiger partial charge >= 0.3 is 0 Å². The summed E-state index contributed by atoms with van der Waals surface area (Å²) in [4.78, 5) is 12.9. The van der Waals surface area contributed by atoms with Crippen molar-refractivity contribution in [1.29, 1.82) is 0 Å². The van der Waals surface area contributed by atoms with E-state index >= 15 is 0 Å². The number of benzene rings is 2. The Labute approximate surface area is 136 Å². The van der Waals surface area contributed by atoms with E-state index in [4.69, 9.17) is 0 Å². The summed E-state index contributed by atoms with van der Waals surface area (Å²) in [5.41, 5.74) is 1.07. The lowest BCUT2D eigenvalue weighted by molar-refractivity contribution is -0.119. The molecule has 0 radical (unpaired) electrons. The third-order valence-electron chi connectivity index (χ3n) is 2.95. The highest BCUT2D eigenvalue weighted by Gasteiger charge is 2.09. The van der Waals surface area contributed by atoms with E-state index in [1.807, 2.05) is 31.2 Å². The molecule has 3 nitrogen and oxygen atoms in total. The molecule has 2 rings (SSSR count). The van der Waals surface area contributed by atoms with Gasteiger partial charge in [0.15, 0.2) is 0 Å². The first-order valence-electron chi connectivity index (χ1n) is 6.51. The van der Waals surface area contributed by atoms with Crippen LogP contribution in [-0.2, 0) is 4.79 Å². The fourth-order valence-electron chi connectivity index (χ4n) is 1.81. The molecule has 21 heavy (non-hydrogen) atoms. The minimum Gasteiger partial charge on any atom is -0.508 e. The highest BCUT2D eigenvalue weighted by atomic mass is 79.9. The van der Waals surface area contributed by atoms with E-state index in [1.165, 1.54) is 11.8 Å². The van der Waals surface area contributed by atoms with Gasteiger partial charge in [-0.1, -0.05) is 28.1 Å². The summed E-state index contributed by atoms with van der Waals surface area (Å²) in [5, 5.41) is 12.2. The summed E-state index contributed by atoms with van der Waals surface area (Å²) in [6, 6.07) is 14.7. The second-order valence-electron chi connectivity index (χ2n) is 4.62. The number of aromatic hydroxyl groups is 1. The molecule has 1 unspecified atom stereocenters. The SMILES string of the molecule is CC(NC(=O)CSc1ccc(O)cc1)c1ccc(Br)cc1. The first-order valence-corrected chi connectivity index (χ1v) is 8.29. The van der Waals surface area contributed by atoms with Crippen molar-refractivity contribution in [1.82, 2.24) is 5.32 Å². The number of carbonyl (C=O) groups excluding carboxylic acids is 1. The Bertz CT molecular complexity index is 599. The van der Waals surface area contributed by atoms with Crippen LogP contribution in [0.2, 0.25) is 0 Å². The van der Waals surface area contributed by atoms with Gasteiger partial charge in [0.05, 0.1) is 11.8 Å². The molecule has 0 saturated heterocycles. The maximum Gasteiger partial charge on any atom is 0.230 e. The average Bonchev–Trinajstić information content (AvgIpc) is 2.47. The minimum atomic E-state index is -0.0222. The molecule has 0 bridgehead atoms. The number of hydrogen-bond donors (Lipinski definition) is 2. The molecule has 0 aliphatic carbocycles. The molecule has 1 atom stereocenters. The summed E-state index contributed by atoms with van der Waals surface area (Å²) in [5.74, 6) is 0.571.